The second-order valence-electron chi connectivity index (χ2n) is 4.76. The van der Waals surface area contributed by atoms with E-state index in [9.17, 15) is 20.0 Å². The lowest BCUT2D eigenvalue weighted by molar-refractivity contribution is -0.384. The average molecular weight is 249 g/mol. The fourth-order valence-corrected chi connectivity index (χ4v) is 2.34. The molecular weight excluding hydrogens is 234 g/mol. The minimum atomic E-state index is -1.28. The van der Waals surface area contributed by atoms with Crippen LogP contribution in [0.15, 0.2) is 24.3 Å². The van der Waals surface area contributed by atoms with E-state index in [4.69, 9.17) is 0 Å². The van der Waals surface area contributed by atoms with Gasteiger partial charge in [-0.15, -0.1) is 0 Å². The molecule has 0 spiro atoms. The molecule has 1 aliphatic carbocycles. The molecule has 0 saturated heterocycles. The van der Waals surface area contributed by atoms with Crippen LogP contribution < -0.4 is 0 Å². The molecule has 0 bridgehead atoms. The Morgan fingerprint density at radius 3 is 2.50 bits per heavy atom. The molecule has 1 N–H and O–H groups in total. The molecule has 0 amide bonds. The molecule has 0 radical (unpaired) electrons. The number of nitro groups is 1. The molecule has 1 aromatic carbocycles. The van der Waals surface area contributed by atoms with Crippen molar-refractivity contribution in [1.82, 2.24) is 0 Å². The summed E-state index contributed by atoms with van der Waals surface area (Å²) in [6.07, 6.45) is 2.81. The Hall–Kier alpha value is -1.75. The molecule has 1 unspecified atom stereocenters. The van der Waals surface area contributed by atoms with Crippen molar-refractivity contribution in [2.24, 2.45) is 0 Å². The van der Waals surface area contributed by atoms with Gasteiger partial charge in [0.15, 0.2) is 5.78 Å². The van der Waals surface area contributed by atoms with E-state index in [2.05, 4.69) is 0 Å². The number of non-ortho nitro benzene ring substituents is 1. The summed E-state index contributed by atoms with van der Waals surface area (Å²) in [4.78, 5) is 21.8. The molecule has 1 saturated carbocycles. The molecule has 5 nitrogen and oxygen atoms in total. The fourth-order valence-electron chi connectivity index (χ4n) is 2.34. The smallest absolute Gasteiger partial charge is 0.269 e. The van der Waals surface area contributed by atoms with Crippen molar-refractivity contribution in [3.8, 4) is 0 Å². The quantitative estimate of drug-likeness (QED) is 0.656. The maximum atomic E-state index is 11.7. The van der Waals surface area contributed by atoms with Crippen LogP contribution in [0.3, 0.4) is 0 Å². The zero-order valence-corrected chi connectivity index (χ0v) is 9.96. The van der Waals surface area contributed by atoms with Gasteiger partial charge in [-0.3, -0.25) is 14.9 Å². The SMILES string of the molecule is O=C1CCCCC1(O)Cc1ccc([N+](=O)[O-])cc1. The molecule has 2 rings (SSSR count). The third-order valence-corrected chi connectivity index (χ3v) is 3.41. The highest BCUT2D eigenvalue weighted by molar-refractivity contribution is 5.88. The van der Waals surface area contributed by atoms with Crippen molar-refractivity contribution in [2.45, 2.75) is 37.7 Å². The van der Waals surface area contributed by atoms with Gasteiger partial charge in [-0.2, -0.15) is 0 Å². The van der Waals surface area contributed by atoms with E-state index >= 15 is 0 Å². The van der Waals surface area contributed by atoms with Gasteiger partial charge in [0.1, 0.15) is 5.60 Å². The van der Waals surface area contributed by atoms with Gasteiger partial charge in [-0.25, -0.2) is 0 Å². The number of nitrogens with zero attached hydrogens (tertiary/aromatic N) is 1. The number of aliphatic hydroxyl groups is 1. The maximum absolute atomic E-state index is 11.7. The Balaban J connectivity index is 2.13. The second-order valence-corrected chi connectivity index (χ2v) is 4.76. The summed E-state index contributed by atoms with van der Waals surface area (Å²) in [7, 11) is 0. The summed E-state index contributed by atoms with van der Waals surface area (Å²) >= 11 is 0. The number of benzene rings is 1. The van der Waals surface area contributed by atoms with Crippen LogP contribution >= 0.6 is 0 Å². The molecule has 0 aliphatic heterocycles. The lowest BCUT2D eigenvalue weighted by atomic mass is 9.79. The number of Topliss-reactive ketones (excluding diaryl/α,β-unsaturated/α-hetero) is 1. The summed E-state index contributed by atoms with van der Waals surface area (Å²) in [6.45, 7) is 0. The number of hydrogen-bond donors (Lipinski definition) is 1. The minimum absolute atomic E-state index is 0.0145. The van der Waals surface area contributed by atoms with E-state index in [1.54, 1.807) is 12.1 Å². The van der Waals surface area contributed by atoms with E-state index in [-0.39, 0.29) is 17.9 Å². The normalized spacial score (nSPS) is 23.9. The van der Waals surface area contributed by atoms with Gasteiger partial charge in [-0.05, 0) is 24.8 Å². The molecule has 18 heavy (non-hydrogen) atoms. The van der Waals surface area contributed by atoms with Crippen molar-refractivity contribution in [1.29, 1.82) is 0 Å². The topological polar surface area (TPSA) is 80.4 Å². The Morgan fingerprint density at radius 1 is 1.28 bits per heavy atom. The van der Waals surface area contributed by atoms with Gasteiger partial charge in [0, 0.05) is 25.0 Å². The monoisotopic (exact) mass is 249 g/mol. The van der Waals surface area contributed by atoms with Crippen molar-refractivity contribution in [2.75, 3.05) is 0 Å². The van der Waals surface area contributed by atoms with Gasteiger partial charge >= 0.3 is 0 Å². The maximum Gasteiger partial charge on any atom is 0.269 e. The number of nitro benzene ring substituents is 1. The molecule has 0 aromatic heterocycles. The van der Waals surface area contributed by atoms with Crippen molar-refractivity contribution in [3.63, 3.8) is 0 Å². The molecular formula is C13H15NO4. The predicted octanol–water partition coefficient (Wildman–Crippen LogP) is 2.01. The van der Waals surface area contributed by atoms with Crippen molar-refractivity contribution >= 4 is 11.5 Å². The fraction of sp³-hybridized carbons (Fsp3) is 0.462. The largest absolute Gasteiger partial charge is 0.382 e. The van der Waals surface area contributed by atoms with E-state index < -0.39 is 10.5 Å². The third-order valence-electron chi connectivity index (χ3n) is 3.41. The summed E-state index contributed by atoms with van der Waals surface area (Å²) in [5.74, 6) is -0.118. The van der Waals surface area contributed by atoms with Crippen molar-refractivity contribution < 1.29 is 14.8 Å². The van der Waals surface area contributed by atoms with Gasteiger partial charge < -0.3 is 5.11 Å². The van der Waals surface area contributed by atoms with Gasteiger partial charge in [0.25, 0.3) is 5.69 Å². The van der Waals surface area contributed by atoms with E-state index in [0.29, 0.717) is 12.8 Å². The number of carbonyl (C=O) groups excluding carboxylic acids is 1. The minimum Gasteiger partial charge on any atom is -0.382 e. The van der Waals surface area contributed by atoms with E-state index in [1.807, 2.05) is 0 Å². The van der Waals surface area contributed by atoms with Crippen LogP contribution in [0.4, 0.5) is 5.69 Å². The Labute approximate surface area is 105 Å². The van der Waals surface area contributed by atoms with Crippen LogP contribution in [0.2, 0.25) is 0 Å². The van der Waals surface area contributed by atoms with Gasteiger partial charge in [-0.1, -0.05) is 12.1 Å². The van der Waals surface area contributed by atoms with Gasteiger partial charge in [0.2, 0.25) is 0 Å². The number of ketones is 1. The van der Waals surface area contributed by atoms with Crippen molar-refractivity contribution in [3.05, 3.63) is 39.9 Å². The lowest BCUT2D eigenvalue weighted by Gasteiger charge is -2.30. The molecule has 96 valence electrons. The molecule has 1 aliphatic rings. The average Bonchev–Trinajstić information content (AvgIpc) is 2.34. The standard InChI is InChI=1S/C13H15NO4/c15-12-3-1-2-8-13(12,16)9-10-4-6-11(7-5-10)14(17)18/h4-7,16H,1-3,8-9H2. The van der Waals surface area contributed by atoms with E-state index in [0.717, 1.165) is 18.4 Å². The third kappa shape index (κ3) is 2.56. The van der Waals surface area contributed by atoms with Crippen LogP contribution in [0.1, 0.15) is 31.2 Å². The van der Waals surface area contributed by atoms with Crippen LogP contribution in [-0.2, 0) is 11.2 Å². The zero-order chi connectivity index (χ0) is 13.2. The first-order chi connectivity index (χ1) is 8.51. The van der Waals surface area contributed by atoms with Crippen LogP contribution in [0.5, 0.6) is 0 Å². The zero-order valence-electron chi connectivity index (χ0n) is 9.96. The number of hydrogen-bond acceptors (Lipinski definition) is 4. The summed E-state index contributed by atoms with van der Waals surface area (Å²) in [6, 6.07) is 5.98. The number of carbonyl (C=O) groups is 1. The predicted molar refractivity (Wildman–Crippen MR) is 65.2 cm³/mol. The highest BCUT2D eigenvalue weighted by atomic mass is 16.6. The molecule has 5 heteroatoms. The van der Waals surface area contributed by atoms with E-state index in [1.165, 1.54) is 12.1 Å². The van der Waals surface area contributed by atoms with Crippen LogP contribution in [0.25, 0.3) is 0 Å². The highest BCUT2D eigenvalue weighted by Crippen LogP contribution is 2.28. The molecule has 0 heterocycles. The van der Waals surface area contributed by atoms with Crippen LogP contribution in [-0.4, -0.2) is 21.4 Å². The summed E-state index contributed by atoms with van der Waals surface area (Å²) in [5, 5.41) is 20.8. The Bertz CT molecular complexity index is 468. The second kappa shape index (κ2) is 4.86. The first kappa shape index (κ1) is 12.7. The lowest BCUT2D eigenvalue weighted by Crippen LogP contribution is -2.43. The summed E-state index contributed by atoms with van der Waals surface area (Å²) < 4.78 is 0. The first-order valence-electron chi connectivity index (χ1n) is 6.00. The van der Waals surface area contributed by atoms with Gasteiger partial charge in [0.05, 0.1) is 4.92 Å². The number of rotatable bonds is 3. The Morgan fingerprint density at radius 2 is 1.94 bits per heavy atom. The molecule has 1 fully saturated rings. The Kier molecular flexibility index (Phi) is 3.43. The molecule has 1 atom stereocenters. The molecule has 1 aromatic rings. The first-order valence-corrected chi connectivity index (χ1v) is 6.00. The highest BCUT2D eigenvalue weighted by Gasteiger charge is 2.37. The summed E-state index contributed by atoms with van der Waals surface area (Å²) in [5.41, 5.74) is -0.520. The van der Waals surface area contributed by atoms with Crippen LogP contribution in [0, 0.1) is 10.1 Å².